The van der Waals surface area contributed by atoms with Gasteiger partial charge in [0.2, 0.25) is 0 Å². The largest absolute Gasteiger partial charge is 0.299 e. The van der Waals surface area contributed by atoms with E-state index in [9.17, 15) is 13.2 Å². The number of ketones is 1. The molecule has 0 bridgehead atoms. The van der Waals surface area contributed by atoms with Gasteiger partial charge in [-0.15, -0.1) is 10.2 Å². The average molecular weight is 499 g/mol. The molecule has 0 aliphatic carbocycles. The number of nitrogens with zero attached hydrogens (tertiary/aromatic N) is 3. The molecule has 1 N–H and O–H groups in total. The van der Waals surface area contributed by atoms with Crippen LogP contribution in [0, 0.1) is 0 Å². The summed E-state index contributed by atoms with van der Waals surface area (Å²) >= 11 is 7.39. The van der Waals surface area contributed by atoms with Crippen LogP contribution in [0.4, 0.5) is 5.69 Å². The number of thioether (sulfide) groups is 1. The van der Waals surface area contributed by atoms with Crippen LogP contribution in [0.1, 0.15) is 6.92 Å². The van der Waals surface area contributed by atoms with Crippen molar-refractivity contribution in [3.05, 3.63) is 83.9 Å². The van der Waals surface area contributed by atoms with Gasteiger partial charge in [-0.05, 0) is 43.3 Å². The van der Waals surface area contributed by atoms with E-state index in [1.807, 2.05) is 30.3 Å². The van der Waals surface area contributed by atoms with Crippen LogP contribution in [0.2, 0.25) is 5.02 Å². The molecule has 0 saturated carbocycles. The molecule has 0 saturated heterocycles. The summed E-state index contributed by atoms with van der Waals surface area (Å²) in [5, 5.41) is 9.39. The van der Waals surface area contributed by atoms with Crippen molar-refractivity contribution in [3.8, 4) is 17.1 Å². The van der Waals surface area contributed by atoms with E-state index in [-0.39, 0.29) is 16.4 Å². The summed E-state index contributed by atoms with van der Waals surface area (Å²) in [4.78, 5) is 11.6. The number of rotatable bonds is 8. The van der Waals surface area contributed by atoms with Crippen molar-refractivity contribution in [2.75, 3.05) is 10.5 Å². The zero-order valence-corrected chi connectivity index (χ0v) is 19.9. The highest BCUT2D eigenvalue weighted by Gasteiger charge is 2.20. The van der Waals surface area contributed by atoms with Crippen molar-refractivity contribution in [2.24, 2.45) is 0 Å². The molecule has 1 aromatic heterocycles. The monoisotopic (exact) mass is 498 g/mol. The van der Waals surface area contributed by atoms with Crippen LogP contribution in [0.15, 0.2) is 88.9 Å². The number of carbonyl (C=O) groups is 1. The molecule has 0 unspecified atom stereocenters. The number of halogens is 1. The van der Waals surface area contributed by atoms with E-state index in [4.69, 9.17) is 11.6 Å². The van der Waals surface area contributed by atoms with Crippen LogP contribution in [-0.4, -0.2) is 34.7 Å². The maximum absolute atomic E-state index is 13.0. The van der Waals surface area contributed by atoms with E-state index < -0.39 is 10.0 Å². The standard InChI is InChI=1S/C23H19ClN4O3S2/c1-16(29)15-32-23-26-25-22(28(23)18-9-3-2-4-10-18)17-8-7-11-19(14-17)33(30,31)27-21-13-6-5-12-20(21)24/h2-14,27H,15H2,1H3. The summed E-state index contributed by atoms with van der Waals surface area (Å²) in [6.45, 7) is 1.51. The maximum atomic E-state index is 13.0. The van der Waals surface area contributed by atoms with E-state index in [2.05, 4.69) is 14.9 Å². The van der Waals surface area contributed by atoms with Gasteiger partial charge in [0.25, 0.3) is 10.0 Å². The van der Waals surface area contributed by atoms with E-state index in [1.54, 1.807) is 41.0 Å². The lowest BCUT2D eigenvalue weighted by Crippen LogP contribution is -2.13. The molecule has 10 heteroatoms. The van der Waals surface area contributed by atoms with E-state index in [1.165, 1.54) is 30.8 Å². The molecule has 0 aliphatic heterocycles. The van der Waals surface area contributed by atoms with Crippen LogP contribution >= 0.6 is 23.4 Å². The predicted octanol–water partition coefficient (Wildman–Crippen LogP) is 5.07. The second-order valence-corrected chi connectivity index (χ2v) is 10.1. The van der Waals surface area contributed by atoms with Crippen molar-refractivity contribution in [1.29, 1.82) is 0 Å². The number of Topliss-reactive ketones (excluding diaryl/α,β-unsaturated/α-hetero) is 1. The molecule has 0 aliphatic rings. The molecule has 3 aromatic carbocycles. The molecule has 0 fully saturated rings. The fourth-order valence-electron chi connectivity index (χ4n) is 3.08. The second-order valence-electron chi connectivity index (χ2n) is 7.08. The Bertz CT molecular complexity index is 1410. The Morgan fingerprint density at radius 3 is 2.45 bits per heavy atom. The highest BCUT2D eigenvalue weighted by molar-refractivity contribution is 7.99. The fraction of sp³-hybridized carbons (Fsp3) is 0.0870. The van der Waals surface area contributed by atoms with Gasteiger partial charge in [-0.25, -0.2) is 8.42 Å². The SMILES string of the molecule is CC(=O)CSc1nnc(-c2cccc(S(=O)(=O)Nc3ccccc3Cl)c2)n1-c1ccccc1. The second kappa shape index (κ2) is 9.78. The fourth-order valence-corrected chi connectivity index (χ4v) is 5.19. The molecular weight excluding hydrogens is 480 g/mol. The Morgan fingerprint density at radius 1 is 1.00 bits per heavy atom. The van der Waals surface area contributed by atoms with E-state index >= 15 is 0 Å². The minimum atomic E-state index is -3.90. The van der Waals surface area contributed by atoms with Crippen molar-refractivity contribution in [2.45, 2.75) is 17.0 Å². The number of aromatic nitrogens is 3. The van der Waals surface area contributed by atoms with Crippen LogP contribution in [0.3, 0.4) is 0 Å². The van der Waals surface area contributed by atoms with E-state index in [0.29, 0.717) is 27.3 Å². The molecule has 0 spiro atoms. The Kier molecular flexibility index (Phi) is 6.83. The van der Waals surface area contributed by atoms with Crippen molar-refractivity contribution >= 4 is 44.9 Å². The molecular formula is C23H19ClN4O3S2. The Labute approximate surface area is 200 Å². The lowest BCUT2D eigenvalue weighted by molar-refractivity contribution is -0.114. The number of benzene rings is 3. The van der Waals surface area contributed by atoms with Gasteiger partial charge in [-0.1, -0.05) is 65.8 Å². The molecule has 168 valence electrons. The zero-order chi connectivity index (χ0) is 23.4. The van der Waals surface area contributed by atoms with Crippen LogP contribution in [0.5, 0.6) is 0 Å². The lowest BCUT2D eigenvalue weighted by atomic mass is 10.2. The Morgan fingerprint density at radius 2 is 1.73 bits per heavy atom. The summed E-state index contributed by atoms with van der Waals surface area (Å²) in [6.07, 6.45) is 0. The molecule has 0 atom stereocenters. The third kappa shape index (κ3) is 5.27. The summed E-state index contributed by atoms with van der Waals surface area (Å²) in [5.74, 6) is 0.728. The summed E-state index contributed by atoms with van der Waals surface area (Å²) in [6, 6.07) is 22.5. The summed E-state index contributed by atoms with van der Waals surface area (Å²) < 4.78 is 30.4. The van der Waals surface area contributed by atoms with Gasteiger partial charge < -0.3 is 0 Å². The van der Waals surface area contributed by atoms with Gasteiger partial charge in [0, 0.05) is 11.3 Å². The first-order chi connectivity index (χ1) is 15.8. The Balaban J connectivity index is 1.75. The van der Waals surface area contributed by atoms with Crippen LogP contribution < -0.4 is 4.72 Å². The zero-order valence-electron chi connectivity index (χ0n) is 17.5. The lowest BCUT2D eigenvalue weighted by Gasteiger charge is -2.12. The van der Waals surface area contributed by atoms with Crippen LogP contribution in [0.25, 0.3) is 17.1 Å². The van der Waals surface area contributed by atoms with Gasteiger partial charge in [-0.3, -0.25) is 14.1 Å². The third-order valence-corrected chi connectivity index (χ3v) is 7.34. The van der Waals surface area contributed by atoms with Crippen molar-refractivity contribution in [1.82, 2.24) is 14.8 Å². The third-order valence-electron chi connectivity index (χ3n) is 4.57. The molecule has 0 radical (unpaired) electrons. The quantitative estimate of drug-likeness (QED) is 0.341. The number of hydrogen-bond acceptors (Lipinski definition) is 6. The highest BCUT2D eigenvalue weighted by atomic mass is 35.5. The number of hydrogen-bond donors (Lipinski definition) is 1. The minimum Gasteiger partial charge on any atom is -0.299 e. The predicted molar refractivity (Wildman–Crippen MR) is 130 cm³/mol. The topological polar surface area (TPSA) is 94.0 Å². The van der Waals surface area contributed by atoms with Crippen molar-refractivity contribution in [3.63, 3.8) is 0 Å². The number of carbonyl (C=O) groups excluding carboxylic acids is 1. The molecule has 1 heterocycles. The first-order valence-corrected chi connectivity index (χ1v) is 12.7. The smallest absolute Gasteiger partial charge is 0.261 e. The average Bonchev–Trinajstić information content (AvgIpc) is 3.24. The summed E-state index contributed by atoms with van der Waals surface area (Å²) in [5.41, 5.74) is 1.65. The molecule has 4 aromatic rings. The number of para-hydroxylation sites is 2. The van der Waals surface area contributed by atoms with Gasteiger partial charge >= 0.3 is 0 Å². The maximum Gasteiger partial charge on any atom is 0.261 e. The van der Waals surface area contributed by atoms with Gasteiger partial charge in [-0.2, -0.15) is 0 Å². The first-order valence-electron chi connectivity index (χ1n) is 9.86. The molecule has 7 nitrogen and oxygen atoms in total. The highest BCUT2D eigenvalue weighted by Crippen LogP contribution is 2.30. The minimum absolute atomic E-state index is 0.0166. The van der Waals surface area contributed by atoms with Gasteiger partial charge in [0.05, 0.1) is 21.4 Å². The number of sulfonamides is 1. The summed E-state index contributed by atoms with van der Waals surface area (Å²) in [7, 11) is -3.90. The van der Waals surface area contributed by atoms with E-state index in [0.717, 1.165) is 5.69 Å². The van der Waals surface area contributed by atoms with Gasteiger partial charge in [0.15, 0.2) is 11.0 Å². The molecule has 33 heavy (non-hydrogen) atoms. The molecule has 4 rings (SSSR count). The number of anilines is 1. The Hall–Kier alpha value is -3.14. The van der Waals surface area contributed by atoms with Gasteiger partial charge in [0.1, 0.15) is 5.78 Å². The van der Waals surface area contributed by atoms with Crippen LogP contribution in [-0.2, 0) is 14.8 Å². The number of nitrogens with one attached hydrogen (secondary N) is 1. The first kappa shape index (κ1) is 23.0. The normalized spacial score (nSPS) is 11.3. The van der Waals surface area contributed by atoms with Crippen molar-refractivity contribution < 1.29 is 13.2 Å². The molecule has 0 amide bonds.